The Morgan fingerprint density at radius 2 is 1.11 bits per heavy atom. The van der Waals surface area contributed by atoms with E-state index in [1.54, 1.807) is 0 Å². The minimum absolute atomic E-state index is 0.859. The summed E-state index contributed by atoms with van der Waals surface area (Å²) < 4.78 is 14.6. The number of nitrogens with zero attached hydrogens (tertiary/aromatic N) is 3. The maximum atomic E-state index is 6.31. The quantitative estimate of drug-likeness (QED) is 0.210. The third-order valence-corrected chi connectivity index (χ3v) is 8.94. The van der Waals surface area contributed by atoms with Gasteiger partial charge in [-0.2, -0.15) is 0 Å². The average Bonchev–Trinajstić information content (AvgIpc) is 3.77. The van der Waals surface area contributed by atoms with Gasteiger partial charge in [-0.25, -0.2) is 0 Å². The van der Waals surface area contributed by atoms with E-state index in [9.17, 15) is 0 Å². The lowest BCUT2D eigenvalue weighted by Crippen LogP contribution is -1.93. The van der Waals surface area contributed by atoms with E-state index in [0.29, 0.717) is 0 Å². The zero-order valence-corrected chi connectivity index (χ0v) is 23.9. The third kappa shape index (κ3) is 3.61. The third-order valence-electron chi connectivity index (χ3n) is 8.94. The van der Waals surface area contributed by atoms with Gasteiger partial charge in [0.1, 0.15) is 22.3 Å². The molecule has 5 nitrogen and oxygen atoms in total. The van der Waals surface area contributed by atoms with Crippen LogP contribution in [0.2, 0.25) is 0 Å². The molecule has 0 unspecified atom stereocenters. The van der Waals surface area contributed by atoms with Gasteiger partial charge < -0.3 is 13.4 Å². The molecule has 0 saturated heterocycles. The van der Waals surface area contributed by atoms with Gasteiger partial charge in [0.25, 0.3) is 0 Å². The molecule has 0 atom stereocenters. The highest BCUT2D eigenvalue weighted by molar-refractivity contribution is 6.10. The summed E-state index contributed by atoms with van der Waals surface area (Å²) in [5.74, 6) is 0. The van der Waals surface area contributed by atoms with Crippen LogP contribution < -0.4 is 0 Å². The SMILES string of the molecule is c1cc(-c2ccc3oc4ccccc4c3c2)cc(-c2ccc3oc4ccc(-n5c6cnccc6c6ncccc65)cc4c3c2)c1. The van der Waals surface area contributed by atoms with Crippen molar-refractivity contribution in [3.63, 3.8) is 0 Å². The molecule has 0 saturated carbocycles. The highest BCUT2D eigenvalue weighted by Gasteiger charge is 2.16. The van der Waals surface area contributed by atoms with Crippen molar-refractivity contribution in [1.29, 1.82) is 0 Å². The highest BCUT2D eigenvalue weighted by Crippen LogP contribution is 2.38. The minimum Gasteiger partial charge on any atom is -0.456 e. The second-order valence-corrected chi connectivity index (χ2v) is 11.5. The molecule has 10 aromatic rings. The maximum Gasteiger partial charge on any atom is 0.135 e. The first-order valence-corrected chi connectivity index (χ1v) is 15.0. The van der Waals surface area contributed by atoms with Crippen LogP contribution in [0.15, 0.2) is 149 Å². The number of fused-ring (bicyclic) bond motifs is 9. The summed E-state index contributed by atoms with van der Waals surface area (Å²) in [6.07, 6.45) is 5.57. The number of furan rings is 2. The first-order valence-electron chi connectivity index (χ1n) is 15.0. The predicted octanol–water partition coefficient (Wildman–Crippen LogP) is 10.7. The lowest BCUT2D eigenvalue weighted by atomic mass is 9.97. The average molecular weight is 578 g/mol. The fraction of sp³-hybridized carbons (Fsp3) is 0. The number of hydrogen-bond acceptors (Lipinski definition) is 4. The van der Waals surface area contributed by atoms with Crippen LogP contribution in [0.25, 0.3) is 93.8 Å². The fourth-order valence-electron chi connectivity index (χ4n) is 6.83. The maximum absolute atomic E-state index is 6.31. The molecule has 5 heterocycles. The first-order chi connectivity index (χ1) is 22.3. The number of aromatic nitrogens is 3. The van der Waals surface area contributed by atoms with E-state index in [4.69, 9.17) is 8.83 Å². The molecule has 0 aliphatic carbocycles. The topological polar surface area (TPSA) is 57.0 Å². The monoisotopic (exact) mass is 577 g/mol. The summed E-state index contributed by atoms with van der Waals surface area (Å²) in [6, 6.07) is 42.3. The molecule has 0 aliphatic heterocycles. The fourth-order valence-corrected chi connectivity index (χ4v) is 6.83. The molecule has 0 fully saturated rings. The molecule has 0 bridgehead atoms. The Hall–Kier alpha value is -6.20. The standard InChI is InChI=1S/C40H23N3O2/c1-2-9-36-29(7-1)31-20-26(10-13-37(31)44-36)24-5-3-6-25(19-24)27-11-14-38-32(21-27)33-22-28(12-15-39(33)45-38)43-34-8-4-17-42-40(34)30-16-18-41-23-35(30)43/h1-23H. The van der Waals surface area contributed by atoms with Crippen LogP contribution >= 0.6 is 0 Å². The molecule has 0 N–H and O–H groups in total. The molecule has 0 spiro atoms. The second kappa shape index (κ2) is 9.15. The number of hydrogen-bond donors (Lipinski definition) is 0. The molecule has 0 amide bonds. The van der Waals surface area contributed by atoms with Crippen LogP contribution in [0.4, 0.5) is 0 Å². The van der Waals surface area contributed by atoms with Crippen molar-refractivity contribution < 1.29 is 8.83 Å². The van der Waals surface area contributed by atoms with Gasteiger partial charge in [0.15, 0.2) is 0 Å². The summed E-state index contributed by atoms with van der Waals surface area (Å²) in [5, 5.41) is 5.50. The van der Waals surface area contributed by atoms with Crippen LogP contribution in [0, 0.1) is 0 Å². The Balaban J connectivity index is 1.11. The molecule has 0 aliphatic rings. The largest absolute Gasteiger partial charge is 0.456 e. The summed E-state index contributed by atoms with van der Waals surface area (Å²) in [6.45, 7) is 0. The number of para-hydroxylation sites is 1. The molecule has 5 aromatic carbocycles. The Labute approximate surface area is 256 Å². The Morgan fingerprint density at radius 1 is 0.444 bits per heavy atom. The highest BCUT2D eigenvalue weighted by atomic mass is 16.3. The summed E-state index contributed by atoms with van der Waals surface area (Å²) >= 11 is 0. The molecular formula is C40H23N3O2. The zero-order valence-electron chi connectivity index (χ0n) is 23.9. The Kier molecular flexibility index (Phi) is 4.93. The van der Waals surface area contributed by atoms with Crippen LogP contribution in [0.5, 0.6) is 0 Å². The van der Waals surface area contributed by atoms with Crippen molar-refractivity contribution in [3.8, 4) is 27.9 Å². The van der Waals surface area contributed by atoms with Gasteiger partial charge in [-0.15, -0.1) is 0 Å². The molecule has 10 rings (SSSR count). The van der Waals surface area contributed by atoms with Crippen LogP contribution in [0.3, 0.4) is 0 Å². The summed E-state index contributed by atoms with van der Waals surface area (Å²) in [4.78, 5) is 9.11. The number of rotatable bonds is 3. The van der Waals surface area contributed by atoms with Crippen molar-refractivity contribution in [2.75, 3.05) is 0 Å². The Bertz CT molecular complexity index is 2730. The molecule has 5 heteroatoms. The smallest absolute Gasteiger partial charge is 0.135 e. The Morgan fingerprint density at radius 3 is 1.91 bits per heavy atom. The van der Waals surface area contributed by atoms with Gasteiger partial charge in [0.2, 0.25) is 0 Å². The van der Waals surface area contributed by atoms with E-state index in [1.807, 2.05) is 42.9 Å². The lowest BCUT2D eigenvalue weighted by Gasteiger charge is -2.08. The second-order valence-electron chi connectivity index (χ2n) is 11.5. The molecule has 210 valence electrons. The van der Waals surface area contributed by atoms with Crippen molar-refractivity contribution in [2.45, 2.75) is 0 Å². The normalized spacial score (nSPS) is 12.0. The predicted molar refractivity (Wildman–Crippen MR) is 182 cm³/mol. The van der Waals surface area contributed by atoms with E-state index < -0.39 is 0 Å². The molecular weight excluding hydrogens is 554 g/mol. The van der Waals surface area contributed by atoms with E-state index in [-0.39, 0.29) is 0 Å². The van der Waals surface area contributed by atoms with Gasteiger partial charge in [0.05, 0.1) is 22.7 Å². The van der Waals surface area contributed by atoms with Crippen LogP contribution in [-0.2, 0) is 0 Å². The van der Waals surface area contributed by atoms with Crippen LogP contribution in [0.1, 0.15) is 0 Å². The minimum atomic E-state index is 0.859. The van der Waals surface area contributed by atoms with Gasteiger partial charge in [-0.05, 0) is 95.1 Å². The molecule has 0 radical (unpaired) electrons. The van der Waals surface area contributed by atoms with E-state index in [2.05, 4.69) is 112 Å². The molecule has 5 aromatic heterocycles. The van der Waals surface area contributed by atoms with Crippen molar-refractivity contribution in [2.24, 2.45) is 0 Å². The van der Waals surface area contributed by atoms with Crippen molar-refractivity contribution in [3.05, 3.63) is 140 Å². The van der Waals surface area contributed by atoms with Gasteiger partial charge in [0, 0.05) is 45.0 Å². The van der Waals surface area contributed by atoms with Gasteiger partial charge >= 0.3 is 0 Å². The van der Waals surface area contributed by atoms with Crippen LogP contribution in [-0.4, -0.2) is 14.5 Å². The summed E-state index contributed by atoms with van der Waals surface area (Å²) in [5.41, 5.74) is 12.2. The van der Waals surface area contributed by atoms with Crippen molar-refractivity contribution >= 4 is 65.8 Å². The van der Waals surface area contributed by atoms with Gasteiger partial charge in [-0.1, -0.05) is 48.5 Å². The lowest BCUT2D eigenvalue weighted by molar-refractivity contribution is 0.668. The van der Waals surface area contributed by atoms with E-state index in [0.717, 1.165) is 93.8 Å². The molecule has 45 heavy (non-hydrogen) atoms. The zero-order chi connectivity index (χ0) is 29.5. The number of benzene rings is 5. The number of pyridine rings is 2. The van der Waals surface area contributed by atoms with E-state index >= 15 is 0 Å². The van der Waals surface area contributed by atoms with Crippen molar-refractivity contribution in [1.82, 2.24) is 14.5 Å². The summed E-state index contributed by atoms with van der Waals surface area (Å²) in [7, 11) is 0. The van der Waals surface area contributed by atoms with Gasteiger partial charge in [-0.3, -0.25) is 9.97 Å². The van der Waals surface area contributed by atoms with E-state index in [1.165, 1.54) is 0 Å². The first kappa shape index (κ1) is 24.3.